The van der Waals surface area contributed by atoms with Gasteiger partial charge in [0.2, 0.25) is 17.7 Å². The first kappa shape index (κ1) is 36.4. The highest BCUT2D eigenvalue weighted by Gasteiger charge is 2.37. The highest BCUT2D eigenvalue weighted by atomic mass is 32.1. The minimum atomic E-state index is -1.10. The number of amides is 3. The summed E-state index contributed by atoms with van der Waals surface area (Å²) < 4.78 is 0. The zero-order valence-electron chi connectivity index (χ0n) is 27.9. The Kier molecular flexibility index (Phi) is 15.1. The summed E-state index contributed by atoms with van der Waals surface area (Å²) in [5, 5.41) is 25.5. The third kappa shape index (κ3) is 11.7. The highest BCUT2D eigenvalue weighted by molar-refractivity contribution is 7.09. The van der Waals surface area contributed by atoms with E-state index in [9.17, 15) is 24.6 Å². The van der Waals surface area contributed by atoms with E-state index in [0.717, 1.165) is 62.1 Å². The number of aryl methyl sites for hydroxylation is 1. The van der Waals surface area contributed by atoms with Gasteiger partial charge in [-0.15, -0.1) is 11.3 Å². The van der Waals surface area contributed by atoms with Gasteiger partial charge >= 0.3 is 0 Å². The van der Waals surface area contributed by atoms with Crippen LogP contribution in [-0.4, -0.2) is 93.1 Å². The van der Waals surface area contributed by atoms with Gasteiger partial charge in [0.05, 0.1) is 35.9 Å². The molecule has 44 heavy (non-hydrogen) atoms. The second-order valence-corrected chi connectivity index (χ2v) is 15.0. The van der Waals surface area contributed by atoms with Gasteiger partial charge < -0.3 is 24.9 Å². The number of carbonyl (C=O) groups excluding carboxylic acids is 3. The lowest BCUT2D eigenvalue weighted by Gasteiger charge is -2.39. The highest BCUT2D eigenvalue weighted by Crippen LogP contribution is 2.32. The van der Waals surface area contributed by atoms with Crippen molar-refractivity contribution in [3.63, 3.8) is 0 Å². The zero-order valence-corrected chi connectivity index (χ0v) is 28.7. The summed E-state index contributed by atoms with van der Waals surface area (Å²) in [7, 11) is 3.39. The molecular formula is C34H58N4O5S. The third-order valence-corrected chi connectivity index (χ3v) is 10.3. The molecule has 0 aromatic carbocycles. The summed E-state index contributed by atoms with van der Waals surface area (Å²) in [4.78, 5) is 49.8. The van der Waals surface area contributed by atoms with E-state index in [0.29, 0.717) is 31.2 Å². The molecule has 3 rings (SSSR count). The van der Waals surface area contributed by atoms with Crippen molar-refractivity contribution < 1.29 is 24.6 Å². The summed E-state index contributed by atoms with van der Waals surface area (Å²) >= 11 is 1.52. The van der Waals surface area contributed by atoms with Gasteiger partial charge in [0.25, 0.3) is 0 Å². The van der Waals surface area contributed by atoms with E-state index in [1.165, 1.54) is 29.1 Å². The lowest BCUT2D eigenvalue weighted by Crippen LogP contribution is -2.52. The van der Waals surface area contributed by atoms with Crippen LogP contribution in [0.2, 0.25) is 0 Å². The fourth-order valence-corrected chi connectivity index (χ4v) is 7.50. The molecule has 1 heterocycles. The fourth-order valence-electron chi connectivity index (χ4n) is 6.90. The molecule has 1 aromatic heterocycles. The molecular weight excluding hydrogens is 576 g/mol. The molecule has 10 heteroatoms. The summed E-state index contributed by atoms with van der Waals surface area (Å²) in [6.45, 7) is 6.74. The fraction of sp³-hybridized carbons (Fsp3) is 0.824. The quantitative estimate of drug-likeness (QED) is 0.260. The van der Waals surface area contributed by atoms with Gasteiger partial charge in [-0.3, -0.25) is 14.4 Å². The first-order chi connectivity index (χ1) is 20.9. The Hall–Kier alpha value is -2.04. The first-order valence-electron chi connectivity index (χ1n) is 17.0. The second kappa shape index (κ2) is 18.2. The van der Waals surface area contributed by atoms with Gasteiger partial charge in [0.15, 0.2) is 0 Å². The molecule has 2 aliphatic rings. The number of aliphatic hydroxyl groups excluding tert-OH is 2. The number of aromatic nitrogens is 1. The maximum absolute atomic E-state index is 14.1. The average Bonchev–Trinajstić information content (AvgIpc) is 3.41. The van der Waals surface area contributed by atoms with Crippen molar-refractivity contribution in [3.8, 4) is 0 Å². The monoisotopic (exact) mass is 634 g/mol. The minimum absolute atomic E-state index is 0.000351. The van der Waals surface area contributed by atoms with E-state index >= 15 is 0 Å². The number of nitrogens with zero attached hydrogens (tertiary/aromatic N) is 4. The number of likely N-dealkylation sites (N-methyl/N-ethyl adjacent to an activating group) is 1. The number of carbonyl (C=O) groups is 3. The minimum Gasteiger partial charge on any atom is -0.390 e. The van der Waals surface area contributed by atoms with Crippen molar-refractivity contribution in [3.05, 3.63) is 16.1 Å². The topological polar surface area (TPSA) is 114 Å². The summed E-state index contributed by atoms with van der Waals surface area (Å²) in [6, 6.07) is -0.579. The number of aliphatic hydroxyl groups is 2. The van der Waals surface area contributed by atoms with Crippen LogP contribution in [0.4, 0.5) is 0 Å². The van der Waals surface area contributed by atoms with E-state index < -0.39 is 18.2 Å². The van der Waals surface area contributed by atoms with E-state index in [1.54, 1.807) is 23.9 Å². The van der Waals surface area contributed by atoms with Crippen molar-refractivity contribution in [2.24, 2.45) is 17.8 Å². The number of thiazole rings is 1. The molecule has 9 nitrogen and oxygen atoms in total. The first-order valence-corrected chi connectivity index (χ1v) is 17.9. The van der Waals surface area contributed by atoms with E-state index in [2.05, 4.69) is 4.98 Å². The molecule has 2 aliphatic carbocycles. The smallest absolute Gasteiger partial charge is 0.241 e. The van der Waals surface area contributed by atoms with Gasteiger partial charge in [0, 0.05) is 38.9 Å². The van der Waals surface area contributed by atoms with Gasteiger partial charge in [-0.05, 0) is 50.4 Å². The van der Waals surface area contributed by atoms with Crippen LogP contribution in [0, 0.1) is 24.7 Å². The molecule has 2 N–H and O–H groups in total. The molecule has 0 aliphatic heterocycles. The Morgan fingerprint density at radius 1 is 0.909 bits per heavy atom. The van der Waals surface area contributed by atoms with E-state index in [-0.39, 0.29) is 49.6 Å². The number of rotatable bonds is 16. The van der Waals surface area contributed by atoms with Crippen LogP contribution in [-0.2, 0) is 20.9 Å². The van der Waals surface area contributed by atoms with Crippen LogP contribution in [0.25, 0.3) is 0 Å². The van der Waals surface area contributed by atoms with Crippen LogP contribution >= 0.6 is 11.3 Å². The third-order valence-electron chi connectivity index (χ3n) is 9.45. The van der Waals surface area contributed by atoms with Gasteiger partial charge in [0.1, 0.15) is 6.10 Å². The van der Waals surface area contributed by atoms with Crippen LogP contribution in [0.15, 0.2) is 5.38 Å². The predicted octanol–water partition coefficient (Wildman–Crippen LogP) is 5.16. The summed E-state index contributed by atoms with van der Waals surface area (Å²) in [5.41, 5.74) is 0.752. The Morgan fingerprint density at radius 2 is 1.50 bits per heavy atom. The SMILES string of the molecule is Cc1nc(CN(C(=O)CCC(=O)N(CC(=O)N(C)C)CC2CCCCC2)[C@@H](CC2CCCCC2)[C@@H](O)[C@@H](O)CC(C)C)cs1. The van der Waals surface area contributed by atoms with Gasteiger partial charge in [-0.25, -0.2) is 4.98 Å². The zero-order chi connectivity index (χ0) is 32.2. The predicted molar refractivity (Wildman–Crippen MR) is 175 cm³/mol. The van der Waals surface area contributed by atoms with E-state index in [1.807, 2.05) is 26.2 Å². The molecule has 3 amide bonds. The molecule has 0 unspecified atom stereocenters. The average molecular weight is 635 g/mol. The summed E-state index contributed by atoms with van der Waals surface area (Å²) in [6.07, 6.45) is 10.2. The van der Waals surface area contributed by atoms with Crippen LogP contribution in [0.5, 0.6) is 0 Å². The molecule has 2 saturated carbocycles. The lowest BCUT2D eigenvalue weighted by atomic mass is 9.81. The molecule has 2 fully saturated rings. The number of hydrogen-bond acceptors (Lipinski definition) is 7. The molecule has 250 valence electrons. The van der Waals surface area contributed by atoms with Crippen molar-refractivity contribution in [2.75, 3.05) is 27.2 Å². The Bertz CT molecular complexity index is 1030. The second-order valence-electron chi connectivity index (χ2n) is 13.9. The maximum Gasteiger partial charge on any atom is 0.241 e. The molecule has 1 aromatic rings. The van der Waals surface area contributed by atoms with Crippen LogP contribution < -0.4 is 0 Å². The Labute approximate surface area is 269 Å². The van der Waals surface area contributed by atoms with Crippen LogP contribution in [0.3, 0.4) is 0 Å². The normalized spacial score (nSPS) is 18.5. The molecule has 0 bridgehead atoms. The Balaban J connectivity index is 1.81. The Morgan fingerprint density at radius 3 is 2.05 bits per heavy atom. The van der Waals surface area contributed by atoms with Crippen molar-refractivity contribution in [2.45, 2.75) is 135 Å². The van der Waals surface area contributed by atoms with Crippen molar-refractivity contribution >= 4 is 29.1 Å². The number of hydrogen-bond donors (Lipinski definition) is 2. The molecule has 3 atom stereocenters. The largest absolute Gasteiger partial charge is 0.390 e. The molecule has 0 radical (unpaired) electrons. The van der Waals surface area contributed by atoms with Crippen LogP contribution in [0.1, 0.15) is 114 Å². The van der Waals surface area contributed by atoms with Crippen molar-refractivity contribution in [1.82, 2.24) is 19.7 Å². The van der Waals surface area contributed by atoms with Gasteiger partial charge in [-0.1, -0.05) is 65.2 Å². The maximum atomic E-state index is 14.1. The van der Waals surface area contributed by atoms with Gasteiger partial charge in [-0.2, -0.15) is 0 Å². The standard InChI is InChI=1S/C34H58N4O5S/c1-24(2)18-30(39)34(43)29(19-26-12-8-6-9-13-26)38(21-28-23-44-25(3)35-28)32(41)17-16-31(40)37(22-33(42)36(4)5)20-27-14-10-7-11-15-27/h23-24,26-27,29-30,34,39,43H,6-22H2,1-5H3/t29-,30-,34+/m0/s1. The molecule has 0 saturated heterocycles. The summed E-state index contributed by atoms with van der Waals surface area (Å²) in [5.74, 6) is 0.394. The molecule has 0 spiro atoms. The van der Waals surface area contributed by atoms with E-state index in [4.69, 9.17) is 0 Å². The van der Waals surface area contributed by atoms with Crippen molar-refractivity contribution in [1.29, 1.82) is 0 Å². The lowest BCUT2D eigenvalue weighted by molar-refractivity contribution is -0.145.